The molecule has 0 bridgehead atoms. The molecule has 3 aromatic rings. The molecule has 164 valence electrons. The topological polar surface area (TPSA) is 89.9 Å². The summed E-state index contributed by atoms with van der Waals surface area (Å²) in [5, 5.41) is 0.948. The molecule has 0 saturated heterocycles. The number of carbonyl (C=O) groups is 1. The Morgan fingerprint density at radius 2 is 1.68 bits per heavy atom. The van der Waals surface area contributed by atoms with Gasteiger partial charge in [-0.2, -0.15) is 8.42 Å². The molecule has 0 heterocycles. The van der Waals surface area contributed by atoms with Crippen LogP contribution in [0.1, 0.15) is 44.6 Å². The number of hydrogen-bond acceptors (Lipinski definition) is 5. The smallest absolute Gasteiger partial charge is 0.311 e. The number of hydrogen-bond donors (Lipinski definition) is 1. The standard InChI is InChI=1S/C24H26O6S/c1-3-17(2)18-12-14-19(15-13-18)30-24(25)11-6-16-29-22-9-4-8-21-20(22)7-5-10-23(21)31(26,27)28/h4-5,7-10,12-15,17H,3,6,11,16H2,1-2H3,(H,26,27,28). The van der Waals surface area contributed by atoms with Gasteiger partial charge in [0.15, 0.2) is 0 Å². The third-order valence-electron chi connectivity index (χ3n) is 5.20. The molecule has 0 radical (unpaired) electrons. The minimum atomic E-state index is -4.34. The zero-order valence-corrected chi connectivity index (χ0v) is 18.4. The Hall–Kier alpha value is -2.90. The maximum atomic E-state index is 12.1. The highest BCUT2D eigenvalue weighted by Gasteiger charge is 2.15. The summed E-state index contributed by atoms with van der Waals surface area (Å²) in [4.78, 5) is 11.9. The van der Waals surface area contributed by atoms with Gasteiger partial charge in [-0.15, -0.1) is 0 Å². The van der Waals surface area contributed by atoms with Crippen LogP contribution in [0.15, 0.2) is 65.6 Å². The first-order valence-electron chi connectivity index (χ1n) is 10.2. The Labute approximate surface area is 182 Å². The molecule has 0 aliphatic heterocycles. The van der Waals surface area contributed by atoms with Crippen LogP contribution in [0, 0.1) is 0 Å². The lowest BCUT2D eigenvalue weighted by atomic mass is 9.99. The molecule has 0 amide bonds. The van der Waals surface area contributed by atoms with E-state index in [4.69, 9.17) is 9.47 Å². The lowest BCUT2D eigenvalue weighted by molar-refractivity contribution is -0.134. The highest BCUT2D eigenvalue weighted by Crippen LogP contribution is 2.30. The Morgan fingerprint density at radius 1 is 1.00 bits per heavy atom. The monoisotopic (exact) mass is 442 g/mol. The van der Waals surface area contributed by atoms with Crippen molar-refractivity contribution in [2.45, 2.75) is 43.9 Å². The van der Waals surface area contributed by atoms with Crippen molar-refractivity contribution in [3.05, 3.63) is 66.2 Å². The maximum Gasteiger partial charge on any atom is 0.311 e. The average molecular weight is 443 g/mol. The minimum Gasteiger partial charge on any atom is -0.493 e. The Balaban J connectivity index is 1.55. The molecule has 6 nitrogen and oxygen atoms in total. The van der Waals surface area contributed by atoms with Gasteiger partial charge in [0.2, 0.25) is 0 Å². The van der Waals surface area contributed by atoms with E-state index in [2.05, 4.69) is 13.8 Å². The van der Waals surface area contributed by atoms with E-state index in [1.807, 2.05) is 12.1 Å². The molecular weight excluding hydrogens is 416 g/mol. The van der Waals surface area contributed by atoms with E-state index in [1.165, 1.54) is 11.6 Å². The van der Waals surface area contributed by atoms with Gasteiger partial charge in [0.05, 0.1) is 6.61 Å². The van der Waals surface area contributed by atoms with Crippen molar-refractivity contribution in [2.75, 3.05) is 6.61 Å². The lowest BCUT2D eigenvalue weighted by Crippen LogP contribution is -2.10. The summed E-state index contributed by atoms with van der Waals surface area (Å²) in [5.41, 5.74) is 1.21. The van der Waals surface area contributed by atoms with Gasteiger partial charge in [-0.1, -0.05) is 50.2 Å². The summed E-state index contributed by atoms with van der Waals surface area (Å²) in [6, 6.07) is 17.1. The molecule has 7 heteroatoms. The number of rotatable bonds is 9. The summed E-state index contributed by atoms with van der Waals surface area (Å²) in [5.74, 6) is 1.12. The second-order valence-corrected chi connectivity index (χ2v) is 8.78. The number of benzene rings is 3. The molecule has 0 spiro atoms. The number of ether oxygens (including phenoxy) is 2. The molecule has 0 saturated carbocycles. The summed E-state index contributed by atoms with van der Waals surface area (Å²) in [6.07, 6.45) is 1.68. The average Bonchev–Trinajstić information content (AvgIpc) is 2.75. The molecule has 1 atom stereocenters. The first kappa shape index (κ1) is 22.8. The summed E-state index contributed by atoms with van der Waals surface area (Å²) in [7, 11) is -4.34. The predicted molar refractivity (Wildman–Crippen MR) is 119 cm³/mol. The van der Waals surface area contributed by atoms with Crippen LogP contribution >= 0.6 is 0 Å². The van der Waals surface area contributed by atoms with Crippen LogP contribution in [-0.4, -0.2) is 25.5 Å². The van der Waals surface area contributed by atoms with Gasteiger partial charge in [0.25, 0.3) is 10.1 Å². The second kappa shape index (κ2) is 9.94. The fourth-order valence-corrected chi connectivity index (χ4v) is 3.99. The van der Waals surface area contributed by atoms with Gasteiger partial charge >= 0.3 is 5.97 Å². The van der Waals surface area contributed by atoms with E-state index < -0.39 is 10.1 Å². The molecule has 1 unspecified atom stereocenters. The van der Waals surface area contributed by atoms with Crippen LogP contribution < -0.4 is 9.47 Å². The van der Waals surface area contributed by atoms with E-state index in [0.29, 0.717) is 34.6 Å². The van der Waals surface area contributed by atoms with Crippen LogP contribution in [0.4, 0.5) is 0 Å². The quantitative estimate of drug-likeness (QED) is 0.208. The normalized spacial score (nSPS) is 12.5. The third-order valence-corrected chi connectivity index (χ3v) is 6.11. The van der Waals surface area contributed by atoms with Crippen LogP contribution in [0.2, 0.25) is 0 Å². The molecule has 0 aliphatic carbocycles. The molecule has 0 aliphatic rings. The highest BCUT2D eigenvalue weighted by atomic mass is 32.2. The van der Waals surface area contributed by atoms with Crippen LogP contribution in [0.3, 0.4) is 0 Å². The Kier molecular flexibility index (Phi) is 7.30. The van der Waals surface area contributed by atoms with Crippen molar-refractivity contribution in [3.8, 4) is 11.5 Å². The predicted octanol–water partition coefficient (Wildman–Crippen LogP) is 5.36. The largest absolute Gasteiger partial charge is 0.493 e. The van der Waals surface area contributed by atoms with Crippen molar-refractivity contribution in [1.82, 2.24) is 0 Å². The number of fused-ring (bicyclic) bond motifs is 1. The molecule has 0 fully saturated rings. The van der Waals surface area contributed by atoms with Crippen LogP contribution in [0.5, 0.6) is 11.5 Å². The fourth-order valence-electron chi connectivity index (χ4n) is 3.28. The summed E-state index contributed by atoms with van der Waals surface area (Å²) < 4.78 is 43.7. The van der Waals surface area contributed by atoms with Gasteiger partial charge in [0, 0.05) is 17.2 Å². The van der Waals surface area contributed by atoms with Crippen molar-refractivity contribution >= 4 is 26.9 Å². The van der Waals surface area contributed by atoms with Gasteiger partial charge < -0.3 is 9.47 Å². The number of carbonyl (C=O) groups excluding carboxylic acids is 1. The molecule has 3 rings (SSSR count). The highest BCUT2D eigenvalue weighted by molar-refractivity contribution is 7.86. The molecule has 3 aromatic carbocycles. The fraction of sp³-hybridized carbons (Fsp3) is 0.292. The first-order valence-corrected chi connectivity index (χ1v) is 11.7. The third kappa shape index (κ3) is 5.83. The van der Waals surface area contributed by atoms with Gasteiger partial charge in [-0.3, -0.25) is 9.35 Å². The van der Waals surface area contributed by atoms with E-state index in [9.17, 15) is 17.8 Å². The second-order valence-electron chi connectivity index (χ2n) is 7.39. The van der Waals surface area contributed by atoms with Crippen molar-refractivity contribution in [1.29, 1.82) is 0 Å². The van der Waals surface area contributed by atoms with E-state index >= 15 is 0 Å². The molecule has 31 heavy (non-hydrogen) atoms. The summed E-state index contributed by atoms with van der Waals surface area (Å²) in [6.45, 7) is 4.55. The Bertz CT molecular complexity index is 1150. The Morgan fingerprint density at radius 3 is 2.35 bits per heavy atom. The lowest BCUT2D eigenvalue weighted by Gasteiger charge is -2.11. The van der Waals surface area contributed by atoms with Crippen molar-refractivity contribution < 1.29 is 27.2 Å². The zero-order valence-electron chi connectivity index (χ0n) is 17.6. The molecule has 0 aromatic heterocycles. The van der Waals surface area contributed by atoms with Crippen LogP contribution in [-0.2, 0) is 14.9 Å². The van der Waals surface area contributed by atoms with E-state index in [0.717, 1.165) is 6.42 Å². The van der Waals surface area contributed by atoms with Crippen molar-refractivity contribution in [2.24, 2.45) is 0 Å². The maximum absolute atomic E-state index is 12.1. The summed E-state index contributed by atoms with van der Waals surface area (Å²) >= 11 is 0. The van der Waals surface area contributed by atoms with Crippen LogP contribution in [0.25, 0.3) is 10.8 Å². The minimum absolute atomic E-state index is 0.168. The van der Waals surface area contributed by atoms with E-state index in [1.54, 1.807) is 42.5 Å². The van der Waals surface area contributed by atoms with Crippen molar-refractivity contribution in [3.63, 3.8) is 0 Å². The SMILES string of the molecule is CCC(C)c1ccc(OC(=O)CCCOc2cccc3c(S(=O)(=O)O)cccc23)cc1. The number of esters is 1. The van der Waals surface area contributed by atoms with Gasteiger partial charge in [-0.25, -0.2) is 0 Å². The molecule has 1 N–H and O–H groups in total. The van der Waals surface area contributed by atoms with E-state index in [-0.39, 0.29) is 23.9 Å². The first-order chi connectivity index (χ1) is 14.8. The van der Waals surface area contributed by atoms with Gasteiger partial charge in [0.1, 0.15) is 16.4 Å². The zero-order chi connectivity index (χ0) is 22.4. The molecular formula is C24H26O6S. The van der Waals surface area contributed by atoms with Gasteiger partial charge in [-0.05, 0) is 48.6 Å².